The van der Waals surface area contributed by atoms with E-state index in [1.54, 1.807) is 18.4 Å². The lowest BCUT2D eigenvalue weighted by Gasteiger charge is -2.08. The van der Waals surface area contributed by atoms with E-state index in [0.29, 0.717) is 0 Å². The summed E-state index contributed by atoms with van der Waals surface area (Å²) in [5, 5.41) is 3.33. The van der Waals surface area contributed by atoms with Crippen molar-refractivity contribution in [2.45, 2.75) is 20.0 Å². The van der Waals surface area contributed by atoms with Crippen LogP contribution in [-0.4, -0.2) is 34.8 Å². The third kappa shape index (κ3) is 3.38. The lowest BCUT2D eigenvalue weighted by atomic mass is 10.3. The van der Waals surface area contributed by atoms with Gasteiger partial charge >= 0.3 is 0 Å². The van der Waals surface area contributed by atoms with Gasteiger partial charge in [-0.05, 0) is 6.92 Å². The summed E-state index contributed by atoms with van der Waals surface area (Å²) in [6, 6.07) is 0. The van der Waals surface area contributed by atoms with E-state index in [1.807, 2.05) is 25.0 Å². The van der Waals surface area contributed by atoms with E-state index in [9.17, 15) is 0 Å². The fourth-order valence-electron chi connectivity index (χ4n) is 1.66. The minimum Gasteiger partial charge on any atom is -0.383 e. The summed E-state index contributed by atoms with van der Waals surface area (Å²) in [5.41, 5.74) is 4.17. The molecule has 2 rings (SSSR count). The molecule has 0 aliphatic carbocycles. The Bertz CT molecular complexity index is 480. The average Bonchev–Trinajstić information content (AvgIpc) is 2.96. The number of aryl methyl sites for hydroxylation is 1. The van der Waals surface area contributed by atoms with Gasteiger partial charge < -0.3 is 14.6 Å². The van der Waals surface area contributed by atoms with Crippen LogP contribution in [0.4, 0.5) is 0 Å². The highest BCUT2D eigenvalue weighted by molar-refractivity contribution is 7.09. The molecule has 0 saturated heterocycles. The first-order chi connectivity index (χ1) is 8.81. The number of methoxy groups -OCH3 is 1. The first kappa shape index (κ1) is 13.2. The number of ether oxygens (including phenoxy) is 1. The molecule has 98 valence electrons. The Morgan fingerprint density at radius 1 is 1.50 bits per heavy atom. The summed E-state index contributed by atoms with van der Waals surface area (Å²) in [7, 11) is 1.71. The number of hydrogen-bond acceptors (Lipinski definition) is 5. The second kappa shape index (κ2) is 6.63. The van der Waals surface area contributed by atoms with Crippen molar-refractivity contribution in [3.8, 4) is 0 Å². The average molecular weight is 266 g/mol. The quantitative estimate of drug-likeness (QED) is 0.770. The summed E-state index contributed by atoms with van der Waals surface area (Å²) < 4.78 is 7.15. The monoisotopic (exact) mass is 266 g/mol. The molecule has 0 fully saturated rings. The van der Waals surface area contributed by atoms with E-state index >= 15 is 0 Å². The largest absolute Gasteiger partial charge is 0.383 e. The maximum Gasteiger partial charge on any atom is 0.0952 e. The van der Waals surface area contributed by atoms with Crippen LogP contribution in [0.25, 0.3) is 0 Å². The molecule has 5 nitrogen and oxygen atoms in total. The van der Waals surface area contributed by atoms with Gasteiger partial charge in [-0.25, -0.2) is 9.97 Å². The van der Waals surface area contributed by atoms with Crippen LogP contribution in [0.2, 0.25) is 0 Å². The van der Waals surface area contributed by atoms with E-state index < -0.39 is 0 Å². The molecule has 2 aromatic rings. The molecule has 0 radical (unpaired) electrons. The van der Waals surface area contributed by atoms with Gasteiger partial charge in [-0.2, -0.15) is 0 Å². The first-order valence-electron chi connectivity index (χ1n) is 5.89. The predicted octanol–water partition coefficient (Wildman–Crippen LogP) is 1.43. The normalized spacial score (nSPS) is 11.0. The van der Waals surface area contributed by atoms with Crippen molar-refractivity contribution in [1.29, 1.82) is 0 Å². The van der Waals surface area contributed by atoms with E-state index in [0.717, 1.165) is 31.9 Å². The van der Waals surface area contributed by atoms with Crippen LogP contribution in [0.1, 0.15) is 16.3 Å². The molecule has 0 amide bonds. The van der Waals surface area contributed by atoms with Crippen LogP contribution in [0.5, 0.6) is 0 Å². The Balaban J connectivity index is 1.93. The van der Waals surface area contributed by atoms with Crippen LogP contribution >= 0.6 is 11.3 Å². The highest BCUT2D eigenvalue weighted by Crippen LogP contribution is 2.14. The number of imidazole rings is 1. The van der Waals surface area contributed by atoms with Gasteiger partial charge in [-0.3, -0.25) is 0 Å². The number of rotatable bonds is 7. The maximum absolute atomic E-state index is 5.00. The molecule has 0 saturated carbocycles. The van der Waals surface area contributed by atoms with Crippen LogP contribution in [0.3, 0.4) is 0 Å². The van der Waals surface area contributed by atoms with Crippen molar-refractivity contribution >= 4 is 11.3 Å². The minimum absolute atomic E-state index is 0.724. The van der Waals surface area contributed by atoms with Crippen LogP contribution in [0, 0.1) is 6.92 Å². The summed E-state index contributed by atoms with van der Waals surface area (Å²) in [4.78, 5) is 9.76. The molecule has 0 bridgehead atoms. The van der Waals surface area contributed by atoms with Crippen molar-refractivity contribution in [3.63, 3.8) is 0 Å². The third-order valence-electron chi connectivity index (χ3n) is 2.75. The zero-order valence-electron chi connectivity index (χ0n) is 10.7. The second-order valence-corrected chi connectivity index (χ2v) is 4.98. The smallest absolute Gasteiger partial charge is 0.0952 e. The molecule has 2 heterocycles. The fourth-order valence-corrected chi connectivity index (χ4v) is 2.44. The van der Waals surface area contributed by atoms with Crippen molar-refractivity contribution in [2.75, 3.05) is 20.3 Å². The van der Waals surface area contributed by atoms with Gasteiger partial charge in [-0.1, -0.05) is 0 Å². The highest BCUT2D eigenvalue weighted by Gasteiger charge is 2.06. The van der Waals surface area contributed by atoms with Crippen molar-refractivity contribution in [1.82, 2.24) is 19.9 Å². The molecule has 1 N–H and O–H groups in total. The van der Waals surface area contributed by atoms with E-state index in [2.05, 4.69) is 19.9 Å². The molecule has 2 aromatic heterocycles. The minimum atomic E-state index is 0.724. The van der Waals surface area contributed by atoms with Crippen LogP contribution in [-0.2, 0) is 17.8 Å². The van der Waals surface area contributed by atoms with Gasteiger partial charge in [0.25, 0.3) is 0 Å². The first-order valence-corrected chi connectivity index (χ1v) is 6.77. The Morgan fingerprint density at radius 3 is 3.11 bits per heavy atom. The van der Waals surface area contributed by atoms with Gasteiger partial charge in [0.1, 0.15) is 0 Å². The Hall–Kier alpha value is -1.24. The van der Waals surface area contributed by atoms with Gasteiger partial charge in [0.15, 0.2) is 0 Å². The SMILES string of the molecule is COCCNCc1cncn1Cc1scnc1C. The summed E-state index contributed by atoms with van der Waals surface area (Å²) in [6.45, 7) is 5.27. The molecule has 0 aromatic carbocycles. The molecule has 6 heteroatoms. The topological polar surface area (TPSA) is 52.0 Å². The molecule has 0 aliphatic heterocycles. The number of nitrogens with zero attached hydrogens (tertiary/aromatic N) is 3. The molecular weight excluding hydrogens is 248 g/mol. The summed E-state index contributed by atoms with van der Waals surface area (Å²) in [6.07, 6.45) is 3.77. The number of hydrogen-bond donors (Lipinski definition) is 1. The van der Waals surface area contributed by atoms with Crippen molar-refractivity contribution in [2.24, 2.45) is 0 Å². The van der Waals surface area contributed by atoms with Gasteiger partial charge in [-0.15, -0.1) is 11.3 Å². The van der Waals surface area contributed by atoms with Crippen molar-refractivity contribution in [3.05, 3.63) is 34.3 Å². The zero-order valence-corrected chi connectivity index (χ0v) is 11.5. The van der Waals surface area contributed by atoms with Gasteiger partial charge in [0.2, 0.25) is 0 Å². The van der Waals surface area contributed by atoms with E-state index in [-0.39, 0.29) is 0 Å². The number of aromatic nitrogens is 3. The zero-order chi connectivity index (χ0) is 12.8. The van der Waals surface area contributed by atoms with E-state index in [1.165, 1.54) is 10.6 Å². The van der Waals surface area contributed by atoms with Crippen LogP contribution < -0.4 is 5.32 Å². The molecular formula is C12H18N4OS. The van der Waals surface area contributed by atoms with Crippen LogP contribution in [0.15, 0.2) is 18.0 Å². The Labute approximate surface area is 111 Å². The maximum atomic E-state index is 5.00. The van der Waals surface area contributed by atoms with Crippen molar-refractivity contribution < 1.29 is 4.74 Å². The molecule has 18 heavy (non-hydrogen) atoms. The lowest BCUT2D eigenvalue weighted by Crippen LogP contribution is -2.20. The highest BCUT2D eigenvalue weighted by atomic mass is 32.1. The molecule has 0 aliphatic rings. The lowest BCUT2D eigenvalue weighted by molar-refractivity contribution is 0.199. The molecule has 0 atom stereocenters. The Morgan fingerprint density at radius 2 is 2.39 bits per heavy atom. The molecule has 0 spiro atoms. The summed E-state index contributed by atoms with van der Waals surface area (Å²) >= 11 is 1.69. The third-order valence-corrected chi connectivity index (χ3v) is 3.67. The summed E-state index contributed by atoms with van der Waals surface area (Å²) in [5.74, 6) is 0. The van der Waals surface area contributed by atoms with Gasteiger partial charge in [0.05, 0.1) is 36.4 Å². The Kier molecular flexibility index (Phi) is 4.86. The van der Waals surface area contributed by atoms with Gasteiger partial charge in [0, 0.05) is 31.3 Å². The fraction of sp³-hybridized carbons (Fsp3) is 0.500. The number of thiazole rings is 1. The van der Waals surface area contributed by atoms with E-state index in [4.69, 9.17) is 4.74 Å². The standard InChI is InChI=1S/C12H18N4OS/c1-10-12(18-9-15-10)7-16-8-14-6-11(16)5-13-3-4-17-2/h6,8-9,13H,3-5,7H2,1-2H3. The predicted molar refractivity (Wildman–Crippen MR) is 71.8 cm³/mol. The number of nitrogens with one attached hydrogen (secondary N) is 1. The molecule has 0 unspecified atom stereocenters. The second-order valence-electron chi connectivity index (χ2n) is 4.04.